The smallest absolute Gasteiger partial charge is 0.225 e. The van der Waals surface area contributed by atoms with Crippen molar-refractivity contribution in [2.45, 2.75) is 45.1 Å². The molecule has 2 rings (SSSR count). The lowest BCUT2D eigenvalue weighted by Crippen LogP contribution is -2.36. The number of hydrogen-bond donors (Lipinski definition) is 2. The monoisotopic (exact) mass is 294 g/mol. The van der Waals surface area contributed by atoms with Gasteiger partial charge in [-0.3, -0.25) is 9.48 Å². The number of rotatable bonds is 7. The first-order valence-corrected chi connectivity index (χ1v) is 7.69. The molecule has 1 saturated carbocycles. The molecule has 1 aromatic heterocycles. The SMILES string of the molecule is COCCn1cc(NC(=O)CC2(CN)CCCCC2)cn1. The average Bonchev–Trinajstić information content (AvgIpc) is 2.93. The Hall–Kier alpha value is -1.40. The molecule has 21 heavy (non-hydrogen) atoms. The minimum Gasteiger partial charge on any atom is -0.383 e. The topological polar surface area (TPSA) is 82.2 Å². The second-order valence-electron chi connectivity index (χ2n) is 5.97. The van der Waals surface area contributed by atoms with E-state index in [0.717, 1.165) is 18.5 Å². The van der Waals surface area contributed by atoms with Crippen LogP contribution in [0.3, 0.4) is 0 Å². The number of hydrogen-bond acceptors (Lipinski definition) is 4. The van der Waals surface area contributed by atoms with Gasteiger partial charge in [0.1, 0.15) is 0 Å². The largest absolute Gasteiger partial charge is 0.383 e. The van der Waals surface area contributed by atoms with Gasteiger partial charge in [-0.2, -0.15) is 5.10 Å². The van der Waals surface area contributed by atoms with Crippen molar-refractivity contribution in [1.29, 1.82) is 0 Å². The highest BCUT2D eigenvalue weighted by Gasteiger charge is 2.32. The number of carbonyl (C=O) groups is 1. The zero-order valence-corrected chi connectivity index (χ0v) is 12.8. The van der Waals surface area contributed by atoms with Gasteiger partial charge in [0.25, 0.3) is 0 Å². The highest BCUT2D eigenvalue weighted by molar-refractivity contribution is 5.90. The number of nitrogens with two attached hydrogens (primary N) is 1. The first-order chi connectivity index (χ1) is 10.2. The maximum Gasteiger partial charge on any atom is 0.225 e. The normalized spacial score (nSPS) is 17.6. The molecule has 1 aromatic rings. The summed E-state index contributed by atoms with van der Waals surface area (Å²) < 4.78 is 6.76. The van der Waals surface area contributed by atoms with E-state index >= 15 is 0 Å². The number of methoxy groups -OCH3 is 1. The summed E-state index contributed by atoms with van der Waals surface area (Å²) in [7, 11) is 1.66. The zero-order chi connectivity index (χ0) is 15.1. The molecule has 0 unspecified atom stereocenters. The molecule has 118 valence electrons. The van der Waals surface area contributed by atoms with E-state index < -0.39 is 0 Å². The van der Waals surface area contributed by atoms with Gasteiger partial charge < -0.3 is 15.8 Å². The molecular formula is C15H26N4O2. The molecule has 1 heterocycles. The van der Waals surface area contributed by atoms with Crippen LogP contribution < -0.4 is 11.1 Å². The lowest BCUT2D eigenvalue weighted by Gasteiger charge is -2.35. The molecule has 1 fully saturated rings. The summed E-state index contributed by atoms with van der Waals surface area (Å²) in [6, 6.07) is 0. The first-order valence-electron chi connectivity index (χ1n) is 7.69. The van der Waals surface area contributed by atoms with Gasteiger partial charge in [0, 0.05) is 19.7 Å². The van der Waals surface area contributed by atoms with Crippen molar-refractivity contribution in [3.63, 3.8) is 0 Å². The zero-order valence-electron chi connectivity index (χ0n) is 12.8. The molecule has 0 spiro atoms. The van der Waals surface area contributed by atoms with Crippen molar-refractivity contribution in [2.24, 2.45) is 11.1 Å². The van der Waals surface area contributed by atoms with Gasteiger partial charge in [0.2, 0.25) is 5.91 Å². The predicted molar refractivity (Wildman–Crippen MR) is 81.9 cm³/mol. The van der Waals surface area contributed by atoms with Crippen LogP contribution in [0, 0.1) is 5.41 Å². The molecule has 0 atom stereocenters. The molecular weight excluding hydrogens is 268 g/mol. The fourth-order valence-corrected chi connectivity index (χ4v) is 3.04. The van der Waals surface area contributed by atoms with Crippen molar-refractivity contribution >= 4 is 11.6 Å². The minimum absolute atomic E-state index is 0.00558. The number of aromatic nitrogens is 2. The number of nitrogens with one attached hydrogen (secondary N) is 1. The molecule has 1 aliphatic carbocycles. The third kappa shape index (κ3) is 4.54. The van der Waals surface area contributed by atoms with E-state index in [0.29, 0.717) is 26.1 Å². The number of carbonyl (C=O) groups excluding carboxylic acids is 1. The van der Waals surface area contributed by atoms with Crippen LogP contribution >= 0.6 is 0 Å². The summed E-state index contributed by atoms with van der Waals surface area (Å²) in [6.07, 6.45) is 9.74. The van der Waals surface area contributed by atoms with Crippen molar-refractivity contribution in [3.05, 3.63) is 12.4 Å². The van der Waals surface area contributed by atoms with Crippen LogP contribution in [0.4, 0.5) is 5.69 Å². The summed E-state index contributed by atoms with van der Waals surface area (Å²) in [5.74, 6) is 0.0358. The molecule has 1 amide bonds. The summed E-state index contributed by atoms with van der Waals surface area (Å²) in [5, 5.41) is 7.11. The Balaban J connectivity index is 1.87. The van der Waals surface area contributed by atoms with Gasteiger partial charge in [-0.15, -0.1) is 0 Å². The fourth-order valence-electron chi connectivity index (χ4n) is 3.04. The Morgan fingerprint density at radius 1 is 1.48 bits per heavy atom. The summed E-state index contributed by atoms with van der Waals surface area (Å²) >= 11 is 0. The van der Waals surface area contributed by atoms with Crippen LogP contribution in [0.2, 0.25) is 0 Å². The lowest BCUT2D eigenvalue weighted by atomic mass is 9.71. The molecule has 3 N–H and O–H groups in total. The number of amides is 1. The van der Waals surface area contributed by atoms with Gasteiger partial charge in [0.15, 0.2) is 0 Å². The van der Waals surface area contributed by atoms with Crippen molar-refractivity contribution < 1.29 is 9.53 Å². The van der Waals surface area contributed by atoms with Crippen molar-refractivity contribution in [3.8, 4) is 0 Å². The quantitative estimate of drug-likeness (QED) is 0.803. The standard InChI is InChI=1S/C15H26N4O2/c1-21-8-7-19-11-13(10-17-19)18-14(20)9-15(12-16)5-3-2-4-6-15/h10-11H,2-9,12,16H2,1H3,(H,18,20). The van der Waals surface area contributed by atoms with Gasteiger partial charge in [-0.05, 0) is 24.8 Å². The van der Waals surface area contributed by atoms with E-state index in [2.05, 4.69) is 10.4 Å². The van der Waals surface area contributed by atoms with E-state index in [9.17, 15) is 4.79 Å². The highest BCUT2D eigenvalue weighted by atomic mass is 16.5. The highest BCUT2D eigenvalue weighted by Crippen LogP contribution is 2.38. The molecule has 0 bridgehead atoms. The molecule has 0 radical (unpaired) electrons. The second-order valence-corrected chi connectivity index (χ2v) is 5.97. The molecule has 1 aliphatic rings. The van der Waals surface area contributed by atoms with E-state index in [1.807, 2.05) is 6.20 Å². The van der Waals surface area contributed by atoms with Gasteiger partial charge in [-0.1, -0.05) is 19.3 Å². The Morgan fingerprint density at radius 2 is 2.24 bits per heavy atom. The fraction of sp³-hybridized carbons (Fsp3) is 0.733. The third-order valence-electron chi connectivity index (χ3n) is 4.32. The molecule has 0 aromatic carbocycles. The van der Waals surface area contributed by atoms with Gasteiger partial charge in [-0.25, -0.2) is 0 Å². The van der Waals surface area contributed by atoms with Gasteiger partial charge >= 0.3 is 0 Å². The first kappa shape index (κ1) is 16.0. The molecule has 6 heteroatoms. The van der Waals surface area contributed by atoms with Crippen molar-refractivity contribution in [1.82, 2.24) is 9.78 Å². The van der Waals surface area contributed by atoms with Gasteiger partial charge in [0.05, 0.1) is 25.0 Å². The molecule has 6 nitrogen and oxygen atoms in total. The lowest BCUT2D eigenvalue weighted by molar-refractivity contribution is -0.118. The van der Waals surface area contributed by atoms with Crippen LogP contribution in [0.25, 0.3) is 0 Å². The predicted octanol–water partition coefficient (Wildman–Crippen LogP) is 1.77. The van der Waals surface area contributed by atoms with Crippen LogP contribution in [0.15, 0.2) is 12.4 Å². The number of nitrogens with zero attached hydrogens (tertiary/aromatic N) is 2. The van der Waals surface area contributed by atoms with Crippen molar-refractivity contribution in [2.75, 3.05) is 25.6 Å². The molecule has 0 aliphatic heterocycles. The van der Waals surface area contributed by atoms with Crippen LogP contribution in [-0.2, 0) is 16.1 Å². The van der Waals surface area contributed by atoms with Crippen LogP contribution in [-0.4, -0.2) is 35.9 Å². The number of anilines is 1. The van der Waals surface area contributed by atoms with Crippen LogP contribution in [0.1, 0.15) is 38.5 Å². The average molecular weight is 294 g/mol. The van der Waals surface area contributed by atoms with E-state index in [1.54, 1.807) is 18.0 Å². The summed E-state index contributed by atoms with van der Waals surface area (Å²) in [6.45, 7) is 1.87. The Labute approximate surface area is 126 Å². The van der Waals surface area contributed by atoms with Crippen LogP contribution in [0.5, 0.6) is 0 Å². The maximum atomic E-state index is 12.2. The van der Waals surface area contributed by atoms with E-state index in [-0.39, 0.29) is 11.3 Å². The Kier molecular flexibility index (Phi) is 5.76. The minimum atomic E-state index is -0.00558. The molecule has 0 saturated heterocycles. The second kappa shape index (κ2) is 7.56. The number of ether oxygens (including phenoxy) is 1. The Morgan fingerprint density at radius 3 is 2.90 bits per heavy atom. The summed E-state index contributed by atoms with van der Waals surface area (Å²) in [5.41, 5.74) is 6.66. The Bertz CT molecular complexity index is 452. The summed E-state index contributed by atoms with van der Waals surface area (Å²) in [4.78, 5) is 12.2. The maximum absolute atomic E-state index is 12.2. The van der Waals surface area contributed by atoms with E-state index in [4.69, 9.17) is 10.5 Å². The third-order valence-corrected chi connectivity index (χ3v) is 4.32. The van der Waals surface area contributed by atoms with E-state index in [1.165, 1.54) is 19.3 Å².